The smallest absolute Gasteiger partial charge is 0.130 e. The number of thioether (sulfide) groups is 8. The summed E-state index contributed by atoms with van der Waals surface area (Å²) in [6, 6.07) is 3.97. The zero-order chi connectivity index (χ0) is 19.7. The van der Waals surface area contributed by atoms with Crippen LogP contribution in [0.1, 0.15) is 13.8 Å². The van der Waals surface area contributed by atoms with Crippen molar-refractivity contribution in [2.45, 2.75) is 13.8 Å². The van der Waals surface area contributed by atoms with Crippen molar-refractivity contribution >= 4 is 94.1 Å². The fourth-order valence-electron chi connectivity index (χ4n) is 2.14. The maximum Gasteiger partial charge on any atom is 0.130 e. The van der Waals surface area contributed by atoms with Crippen LogP contribution in [0.2, 0.25) is 0 Å². The van der Waals surface area contributed by atoms with E-state index in [0.29, 0.717) is 0 Å². The molecule has 28 heavy (non-hydrogen) atoms. The molecule has 0 spiro atoms. The third kappa shape index (κ3) is 4.65. The van der Waals surface area contributed by atoms with Crippen LogP contribution in [-0.4, -0.2) is 0 Å². The van der Waals surface area contributed by atoms with Crippen molar-refractivity contribution in [2.24, 2.45) is 0 Å². The molecule has 0 radical (unpaired) electrons. The predicted octanol–water partition coefficient (Wildman–Crippen LogP) is 8.91. The molecular formula is C18H10N2S8. The van der Waals surface area contributed by atoms with E-state index in [1.54, 1.807) is 76.6 Å². The van der Waals surface area contributed by atoms with E-state index in [1.165, 1.54) is 31.0 Å². The van der Waals surface area contributed by atoms with Gasteiger partial charge in [0.15, 0.2) is 0 Å². The van der Waals surface area contributed by atoms with E-state index in [0.717, 1.165) is 9.81 Å². The molecule has 0 atom stereocenters. The standard InChI is InChI=1S/C18H10N2S8/c1-9-10(2)24-14(23-9)12(5-11(7-19)8-20)6-13-25-17-18(26-13)28-16(27-17)15-21-3-4-22-15/h3-6H,1-2H3. The van der Waals surface area contributed by atoms with Gasteiger partial charge in [0.25, 0.3) is 0 Å². The average molecular weight is 511 g/mol. The molecule has 4 heterocycles. The Morgan fingerprint density at radius 2 is 1.32 bits per heavy atom. The van der Waals surface area contributed by atoms with Crippen molar-refractivity contribution in [3.63, 3.8) is 0 Å². The van der Waals surface area contributed by atoms with Crippen molar-refractivity contribution in [3.8, 4) is 12.1 Å². The fourth-order valence-corrected chi connectivity index (χ4v) is 13.0. The van der Waals surface area contributed by atoms with Crippen LogP contribution in [0.3, 0.4) is 0 Å². The summed E-state index contributed by atoms with van der Waals surface area (Å²) >= 11 is 14.3. The second-order valence-electron chi connectivity index (χ2n) is 5.37. The zero-order valence-electron chi connectivity index (χ0n) is 14.5. The minimum atomic E-state index is 0.134. The first kappa shape index (κ1) is 21.2. The minimum Gasteiger partial charge on any atom is -0.192 e. The first-order valence-electron chi connectivity index (χ1n) is 7.76. The van der Waals surface area contributed by atoms with Gasteiger partial charge in [-0.2, -0.15) is 10.5 Å². The number of nitriles is 2. The summed E-state index contributed by atoms with van der Waals surface area (Å²) in [7, 11) is 0. The normalized spacial score (nSPS) is 20.7. The van der Waals surface area contributed by atoms with E-state index in [9.17, 15) is 10.5 Å². The summed E-state index contributed by atoms with van der Waals surface area (Å²) in [5, 5.41) is 22.7. The number of rotatable bonds is 2. The van der Waals surface area contributed by atoms with Gasteiger partial charge in [0.2, 0.25) is 0 Å². The van der Waals surface area contributed by atoms with Crippen LogP contribution >= 0.6 is 94.1 Å². The molecule has 0 saturated carbocycles. The molecule has 0 bridgehead atoms. The maximum absolute atomic E-state index is 9.20. The molecule has 10 heteroatoms. The molecule has 140 valence electrons. The summed E-state index contributed by atoms with van der Waals surface area (Å²) in [5.41, 5.74) is 1.08. The predicted molar refractivity (Wildman–Crippen MR) is 137 cm³/mol. The Kier molecular flexibility index (Phi) is 7.12. The van der Waals surface area contributed by atoms with Gasteiger partial charge in [-0.1, -0.05) is 94.1 Å². The van der Waals surface area contributed by atoms with E-state index in [-0.39, 0.29) is 5.57 Å². The van der Waals surface area contributed by atoms with Gasteiger partial charge in [-0.15, -0.1) is 0 Å². The lowest BCUT2D eigenvalue weighted by atomic mass is 10.2. The molecule has 4 rings (SSSR count). The second kappa shape index (κ2) is 9.40. The molecule has 0 aliphatic carbocycles. The van der Waals surface area contributed by atoms with Crippen molar-refractivity contribution in [1.29, 1.82) is 10.5 Å². The van der Waals surface area contributed by atoms with E-state index < -0.39 is 0 Å². The Morgan fingerprint density at radius 1 is 0.786 bits per heavy atom. The highest BCUT2D eigenvalue weighted by Crippen LogP contribution is 2.69. The zero-order valence-corrected chi connectivity index (χ0v) is 21.0. The van der Waals surface area contributed by atoms with Gasteiger partial charge in [-0.25, -0.2) is 0 Å². The van der Waals surface area contributed by atoms with Crippen LogP contribution < -0.4 is 0 Å². The van der Waals surface area contributed by atoms with Crippen LogP contribution in [-0.2, 0) is 0 Å². The maximum atomic E-state index is 9.20. The SMILES string of the molecule is CC1=C(C)SC(=C(C=C(C#N)C#N)C=C2SC3=C(S2)SC(=C2SC=CS2)S3)S1. The minimum absolute atomic E-state index is 0.134. The lowest BCUT2D eigenvalue weighted by Gasteiger charge is -2.06. The number of nitrogens with zero attached hydrogens (tertiary/aromatic N) is 2. The molecule has 0 aromatic heterocycles. The Balaban J connectivity index is 1.56. The van der Waals surface area contributed by atoms with Crippen LogP contribution in [0.5, 0.6) is 0 Å². The quantitative estimate of drug-likeness (QED) is 0.336. The second-order valence-corrected chi connectivity index (χ2v) is 15.3. The highest BCUT2D eigenvalue weighted by atomic mass is 32.3. The number of allylic oxidation sites excluding steroid dienone is 6. The van der Waals surface area contributed by atoms with E-state index in [1.807, 2.05) is 35.7 Å². The van der Waals surface area contributed by atoms with Crippen molar-refractivity contribution in [2.75, 3.05) is 0 Å². The molecule has 4 aliphatic heterocycles. The third-order valence-electron chi connectivity index (χ3n) is 3.53. The largest absolute Gasteiger partial charge is 0.192 e. The van der Waals surface area contributed by atoms with Crippen molar-refractivity contribution < 1.29 is 0 Å². The van der Waals surface area contributed by atoms with Crippen LogP contribution in [0, 0.1) is 22.7 Å². The lowest BCUT2D eigenvalue weighted by Crippen LogP contribution is -1.82. The van der Waals surface area contributed by atoms with E-state index >= 15 is 0 Å². The van der Waals surface area contributed by atoms with Gasteiger partial charge in [-0.3, -0.25) is 0 Å². The van der Waals surface area contributed by atoms with Gasteiger partial charge in [0.1, 0.15) is 17.7 Å². The van der Waals surface area contributed by atoms with Crippen molar-refractivity contribution in [3.05, 3.63) is 69.3 Å². The van der Waals surface area contributed by atoms with Crippen LogP contribution in [0.4, 0.5) is 0 Å². The molecule has 0 aromatic rings. The van der Waals surface area contributed by atoms with Gasteiger partial charge in [-0.05, 0) is 52.2 Å². The Labute approximate surface area is 198 Å². The molecule has 0 fully saturated rings. The Bertz CT molecular complexity index is 992. The fraction of sp³-hybridized carbons (Fsp3) is 0.111. The topological polar surface area (TPSA) is 47.6 Å². The highest BCUT2D eigenvalue weighted by Gasteiger charge is 2.32. The summed E-state index contributed by atoms with van der Waals surface area (Å²) in [6.07, 6.45) is 3.84. The molecular weight excluding hydrogens is 501 g/mol. The van der Waals surface area contributed by atoms with Gasteiger partial charge in [0.05, 0.1) is 25.4 Å². The number of hydrogen-bond donors (Lipinski definition) is 0. The Hall–Kier alpha value is -0.0400. The van der Waals surface area contributed by atoms with Gasteiger partial charge in [0, 0.05) is 0 Å². The van der Waals surface area contributed by atoms with Crippen molar-refractivity contribution in [1.82, 2.24) is 0 Å². The van der Waals surface area contributed by atoms with Crippen LogP contribution in [0.25, 0.3) is 0 Å². The Morgan fingerprint density at radius 3 is 1.86 bits per heavy atom. The van der Waals surface area contributed by atoms with Crippen LogP contribution in [0.15, 0.2) is 69.3 Å². The molecule has 4 aliphatic rings. The molecule has 0 aromatic carbocycles. The first-order valence-corrected chi connectivity index (χ1v) is 14.4. The van der Waals surface area contributed by atoms with Gasteiger partial charge < -0.3 is 0 Å². The molecule has 0 saturated heterocycles. The molecule has 0 unspecified atom stereocenters. The summed E-state index contributed by atoms with van der Waals surface area (Å²) in [6.45, 7) is 4.21. The highest BCUT2D eigenvalue weighted by molar-refractivity contribution is 8.49. The lowest BCUT2D eigenvalue weighted by molar-refractivity contribution is 1.45. The molecule has 2 nitrogen and oxygen atoms in total. The summed E-state index contributed by atoms with van der Waals surface area (Å²) in [5.74, 6) is 0. The molecule has 0 N–H and O–H groups in total. The summed E-state index contributed by atoms with van der Waals surface area (Å²) in [4.78, 5) is 2.55. The molecule has 0 amide bonds. The van der Waals surface area contributed by atoms with Gasteiger partial charge >= 0.3 is 0 Å². The van der Waals surface area contributed by atoms with E-state index in [2.05, 4.69) is 30.7 Å². The summed E-state index contributed by atoms with van der Waals surface area (Å²) < 4.78 is 7.73. The third-order valence-corrected chi connectivity index (χ3v) is 14.4. The number of hydrogen-bond acceptors (Lipinski definition) is 10. The van der Waals surface area contributed by atoms with E-state index in [4.69, 9.17) is 0 Å². The monoisotopic (exact) mass is 510 g/mol. The first-order chi connectivity index (χ1) is 13.6. The average Bonchev–Trinajstić information content (AvgIpc) is 3.43.